The average molecular weight is 386 g/mol. The summed E-state index contributed by atoms with van der Waals surface area (Å²) >= 11 is 11.7. The Morgan fingerprint density at radius 3 is 2.48 bits per heavy atom. The molecule has 0 unspecified atom stereocenters. The van der Waals surface area contributed by atoms with E-state index in [4.69, 9.17) is 32.7 Å². The summed E-state index contributed by atoms with van der Waals surface area (Å²) < 4.78 is 23.0. The Hall–Kier alpha value is -2.31. The predicted molar refractivity (Wildman–Crippen MR) is 92.5 cm³/mol. The molecule has 0 heterocycles. The van der Waals surface area contributed by atoms with Gasteiger partial charge in [-0.05, 0) is 49.4 Å². The van der Waals surface area contributed by atoms with Crippen molar-refractivity contribution in [1.29, 1.82) is 0 Å². The van der Waals surface area contributed by atoms with Crippen molar-refractivity contribution < 1.29 is 23.5 Å². The van der Waals surface area contributed by atoms with E-state index in [0.29, 0.717) is 16.5 Å². The van der Waals surface area contributed by atoms with E-state index in [2.05, 4.69) is 5.32 Å². The molecule has 0 aliphatic heterocycles. The highest BCUT2D eigenvalue weighted by Gasteiger charge is 2.18. The highest BCUT2D eigenvalue weighted by molar-refractivity contribution is 6.36. The molecule has 0 radical (unpaired) electrons. The van der Waals surface area contributed by atoms with Crippen LogP contribution in [0.2, 0.25) is 10.0 Å². The number of benzene rings is 2. The number of esters is 1. The maximum Gasteiger partial charge on any atom is 0.347 e. The van der Waals surface area contributed by atoms with Gasteiger partial charge in [0.15, 0.2) is 12.7 Å². The molecule has 1 N–H and O–H groups in total. The molecule has 0 spiro atoms. The molecular weight excluding hydrogens is 372 g/mol. The van der Waals surface area contributed by atoms with Gasteiger partial charge in [-0.2, -0.15) is 0 Å². The fourth-order valence-corrected chi connectivity index (χ4v) is 2.25. The lowest BCUT2D eigenvalue weighted by Crippen LogP contribution is -2.29. The molecule has 0 bridgehead atoms. The lowest BCUT2D eigenvalue weighted by atomic mass is 10.3. The van der Waals surface area contributed by atoms with Crippen LogP contribution < -0.4 is 10.1 Å². The third-order valence-corrected chi connectivity index (χ3v) is 3.56. The Morgan fingerprint density at radius 2 is 1.84 bits per heavy atom. The number of carbonyl (C=O) groups is 2. The van der Waals surface area contributed by atoms with Crippen molar-refractivity contribution in [1.82, 2.24) is 0 Å². The second-order valence-electron chi connectivity index (χ2n) is 4.99. The number of carbonyl (C=O) groups excluding carboxylic acids is 2. The van der Waals surface area contributed by atoms with Crippen LogP contribution in [0.25, 0.3) is 0 Å². The lowest BCUT2D eigenvalue weighted by Gasteiger charge is -2.14. The summed E-state index contributed by atoms with van der Waals surface area (Å²) in [6.45, 7) is 0.953. The third kappa shape index (κ3) is 5.92. The topological polar surface area (TPSA) is 64.6 Å². The van der Waals surface area contributed by atoms with E-state index in [-0.39, 0.29) is 5.02 Å². The molecule has 0 fully saturated rings. The molecule has 0 aromatic heterocycles. The molecule has 2 aromatic rings. The minimum absolute atomic E-state index is 0.264. The van der Waals surface area contributed by atoms with Gasteiger partial charge in [0.2, 0.25) is 0 Å². The van der Waals surface area contributed by atoms with Gasteiger partial charge in [-0.15, -0.1) is 0 Å². The second-order valence-corrected chi connectivity index (χ2v) is 5.84. The van der Waals surface area contributed by atoms with Gasteiger partial charge < -0.3 is 14.8 Å². The zero-order valence-electron chi connectivity index (χ0n) is 13.1. The van der Waals surface area contributed by atoms with Crippen LogP contribution in [0.3, 0.4) is 0 Å². The van der Waals surface area contributed by atoms with Gasteiger partial charge in [-0.3, -0.25) is 4.79 Å². The molecule has 1 atom stereocenters. The van der Waals surface area contributed by atoms with Gasteiger partial charge in [0, 0.05) is 5.02 Å². The van der Waals surface area contributed by atoms with E-state index in [9.17, 15) is 14.0 Å². The molecule has 0 aliphatic rings. The quantitative estimate of drug-likeness (QED) is 0.760. The zero-order chi connectivity index (χ0) is 18.4. The summed E-state index contributed by atoms with van der Waals surface area (Å²) in [6.07, 6.45) is -0.961. The first kappa shape index (κ1) is 19.0. The van der Waals surface area contributed by atoms with Crippen molar-refractivity contribution in [2.45, 2.75) is 13.0 Å². The van der Waals surface area contributed by atoms with Crippen molar-refractivity contribution in [3.8, 4) is 5.75 Å². The Kier molecular flexibility index (Phi) is 6.61. The normalized spacial score (nSPS) is 11.5. The Balaban J connectivity index is 1.82. The lowest BCUT2D eigenvalue weighted by molar-refractivity contribution is -0.153. The number of rotatable bonds is 6. The maximum atomic E-state index is 12.8. The SMILES string of the molecule is C[C@@H](Oc1ccc(F)cc1)C(=O)OCC(=O)Nc1ccc(Cl)cc1Cl. The minimum atomic E-state index is -0.961. The number of anilines is 1. The van der Waals surface area contributed by atoms with E-state index in [1.54, 1.807) is 6.07 Å². The van der Waals surface area contributed by atoms with Crippen LogP contribution >= 0.6 is 23.2 Å². The second kappa shape index (κ2) is 8.69. The minimum Gasteiger partial charge on any atom is -0.479 e. The molecule has 25 heavy (non-hydrogen) atoms. The summed E-state index contributed by atoms with van der Waals surface area (Å²) in [7, 11) is 0. The first-order chi connectivity index (χ1) is 11.8. The monoisotopic (exact) mass is 385 g/mol. The maximum absolute atomic E-state index is 12.8. The van der Waals surface area contributed by atoms with Crippen molar-refractivity contribution in [2.75, 3.05) is 11.9 Å². The van der Waals surface area contributed by atoms with Crippen molar-refractivity contribution >= 4 is 40.8 Å². The van der Waals surface area contributed by atoms with Crippen LogP contribution in [0.5, 0.6) is 5.75 Å². The fourth-order valence-electron chi connectivity index (χ4n) is 1.80. The van der Waals surface area contributed by atoms with Crippen molar-refractivity contribution in [3.05, 3.63) is 58.3 Å². The van der Waals surface area contributed by atoms with Gasteiger partial charge >= 0.3 is 5.97 Å². The number of nitrogens with one attached hydrogen (secondary N) is 1. The fraction of sp³-hybridized carbons (Fsp3) is 0.176. The largest absolute Gasteiger partial charge is 0.479 e. The molecule has 8 heteroatoms. The smallest absolute Gasteiger partial charge is 0.347 e. The van der Waals surface area contributed by atoms with Crippen LogP contribution in [0.15, 0.2) is 42.5 Å². The van der Waals surface area contributed by atoms with Crippen LogP contribution in [0.1, 0.15) is 6.92 Å². The molecule has 5 nitrogen and oxygen atoms in total. The number of amides is 1. The molecule has 2 aromatic carbocycles. The van der Waals surface area contributed by atoms with E-state index < -0.39 is 30.4 Å². The Morgan fingerprint density at radius 1 is 1.16 bits per heavy atom. The molecular formula is C17H14Cl2FNO4. The third-order valence-electron chi connectivity index (χ3n) is 3.01. The molecule has 0 saturated heterocycles. The average Bonchev–Trinajstić information content (AvgIpc) is 2.57. The number of halogens is 3. The van der Waals surface area contributed by atoms with E-state index >= 15 is 0 Å². The Bertz CT molecular complexity index is 768. The summed E-state index contributed by atoms with van der Waals surface area (Å²) in [5.41, 5.74) is 0.350. The van der Waals surface area contributed by atoms with Gasteiger partial charge in [0.05, 0.1) is 10.7 Å². The highest BCUT2D eigenvalue weighted by Crippen LogP contribution is 2.25. The van der Waals surface area contributed by atoms with Crippen LogP contribution in [0.4, 0.5) is 10.1 Å². The van der Waals surface area contributed by atoms with Crippen LogP contribution in [0, 0.1) is 5.82 Å². The first-order valence-corrected chi connectivity index (χ1v) is 7.94. The molecule has 2 rings (SSSR count). The van der Waals surface area contributed by atoms with E-state index in [0.717, 1.165) is 0 Å². The van der Waals surface area contributed by atoms with Gasteiger partial charge in [0.1, 0.15) is 11.6 Å². The van der Waals surface area contributed by atoms with Gasteiger partial charge in [-0.1, -0.05) is 23.2 Å². The van der Waals surface area contributed by atoms with Crippen LogP contribution in [-0.2, 0) is 14.3 Å². The predicted octanol–water partition coefficient (Wildman–Crippen LogP) is 4.08. The molecule has 1 amide bonds. The summed E-state index contributed by atoms with van der Waals surface area (Å²) in [5, 5.41) is 3.19. The van der Waals surface area contributed by atoms with Crippen molar-refractivity contribution in [2.24, 2.45) is 0 Å². The van der Waals surface area contributed by atoms with Gasteiger partial charge in [0.25, 0.3) is 5.91 Å². The summed E-state index contributed by atoms with van der Waals surface area (Å²) in [6, 6.07) is 9.75. The standard InChI is InChI=1S/C17H14Cl2FNO4/c1-10(25-13-5-3-12(20)4-6-13)17(23)24-9-16(22)21-15-7-2-11(18)8-14(15)19/h2-8,10H,9H2,1H3,(H,21,22)/t10-/m1/s1. The zero-order valence-corrected chi connectivity index (χ0v) is 14.6. The number of ether oxygens (including phenoxy) is 2. The Labute approximate surface area is 153 Å². The van der Waals surface area contributed by atoms with Crippen LogP contribution in [-0.4, -0.2) is 24.6 Å². The first-order valence-electron chi connectivity index (χ1n) is 7.19. The molecule has 0 saturated carbocycles. The molecule has 0 aliphatic carbocycles. The number of hydrogen-bond donors (Lipinski definition) is 1. The summed E-state index contributed by atoms with van der Waals surface area (Å²) in [4.78, 5) is 23.6. The van der Waals surface area contributed by atoms with E-state index in [1.165, 1.54) is 43.3 Å². The van der Waals surface area contributed by atoms with Gasteiger partial charge in [-0.25, -0.2) is 9.18 Å². The molecule has 132 valence electrons. The highest BCUT2D eigenvalue weighted by atomic mass is 35.5. The van der Waals surface area contributed by atoms with Crippen molar-refractivity contribution in [3.63, 3.8) is 0 Å². The van der Waals surface area contributed by atoms with E-state index in [1.807, 2.05) is 0 Å². The number of hydrogen-bond acceptors (Lipinski definition) is 4. The summed E-state index contributed by atoms with van der Waals surface area (Å²) in [5.74, 6) is -1.41.